The molecule has 0 radical (unpaired) electrons. The second-order valence-electron chi connectivity index (χ2n) is 5.94. The minimum absolute atomic E-state index is 0.134. The van der Waals surface area contributed by atoms with Gasteiger partial charge < -0.3 is 10.4 Å². The van der Waals surface area contributed by atoms with Crippen LogP contribution in [0.4, 0.5) is 0 Å². The molecule has 1 heterocycles. The largest absolute Gasteiger partial charge is 0.394 e. The van der Waals surface area contributed by atoms with E-state index in [4.69, 9.17) is 0 Å². The Labute approximate surface area is 110 Å². The average molecular weight is 253 g/mol. The zero-order valence-corrected chi connectivity index (χ0v) is 12.5. The minimum atomic E-state index is -0.264. The van der Waals surface area contributed by atoms with Crippen molar-refractivity contribution in [3.05, 3.63) is 17.5 Å². The number of aliphatic hydroxyl groups excluding tert-OH is 1. The van der Waals surface area contributed by atoms with Crippen molar-refractivity contribution < 1.29 is 5.11 Å². The predicted molar refractivity (Wildman–Crippen MR) is 74.8 cm³/mol. The Hall–Kier alpha value is -0.870. The molecule has 0 aliphatic heterocycles. The highest BCUT2D eigenvalue weighted by molar-refractivity contribution is 5.08. The van der Waals surface area contributed by atoms with Crippen molar-refractivity contribution in [2.75, 3.05) is 6.61 Å². The first-order chi connectivity index (χ1) is 8.27. The van der Waals surface area contributed by atoms with Crippen LogP contribution in [0, 0.1) is 13.8 Å². The molecule has 0 bridgehead atoms. The van der Waals surface area contributed by atoms with Crippen molar-refractivity contribution in [1.29, 1.82) is 0 Å². The van der Waals surface area contributed by atoms with Crippen molar-refractivity contribution >= 4 is 0 Å². The van der Waals surface area contributed by atoms with Crippen LogP contribution in [-0.4, -0.2) is 33.1 Å². The van der Waals surface area contributed by atoms with Gasteiger partial charge in [-0.3, -0.25) is 4.68 Å². The summed E-state index contributed by atoms with van der Waals surface area (Å²) in [7, 11) is 0. The normalized spacial score (nSPS) is 16.9. The predicted octanol–water partition coefficient (Wildman–Crippen LogP) is 2.20. The van der Waals surface area contributed by atoms with E-state index in [-0.39, 0.29) is 18.2 Å². The molecule has 18 heavy (non-hydrogen) atoms. The van der Waals surface area contributed by atoms with Gasteiger partial charge in [-0.1, -0.05) is 13.8 Å². The molecule has 0 aliphatic rings. The zero-order chi connectivity index (χ0) is 13.9. The van der Waals surface area contributed by atoms with Crippen molar-refractivity contribution in [3.63, 3.8) is 0 Å². The lowest BCUT2D eigenvalue weighted by atomic mass is 9.93. The Morgan fingerprint density at radius 3 is 2.39 bits per heavy atom. The topological polar surface area (TPSA) is 50.1 Å². The van der Waals surface area contributed by atoms with Gasteiger partial charge in [0.25, 0.3) is 0 Å². The number of aryl methyl sites for hydroxylation is 2. The van der Waals surface area contributed by atoms with E-state index in [0.717, 1.165) is 12.1 Å². The molecule has 0 saturated carbocycles. The van der Waals surface area contributed by atoms with Gasteiger partial charge in [0, 0.05) is 17.3 Å². The standard InChI is InChI=1S/C14H27N3O/c1-10(2)15-14(6,9-18)8-13(5)17-12(4)7-11(3)16-17/h7,10,13,15,18H,8-9H2,1-6H3. The minimum Gasteiger partial charge on any atom is -0.394 e. The molecule has 0 fully saturated rings. The van der Waals surface area contributed by atoms with Crippen LogP contribution in [0.1, 0.15) is 51.5 Å². The summed E-state index contributed by atoms with van der Waals surface area (Å²) in [6, 6.07) is 2.71. The Morgan fingerprint density at radius 2 is 2.00 bits per heavy atom. The molecule has 4 heteroatoms. The second-order valence-corrected chi connectivity index (χ2v) is 5.94. The fraction of sp³-hybridized carbons (Fsp3) is 0.786. The molecule has 0 aliphatic carbocycles. The lowest BCUT2D eigenvalue weighted by Gasteiger charge is -2.34. The molecular weight excluding hydrogens is 226 g/mol. The van der Waals surface area contributed by atoms with E-state index in [9.17, 15) is 5.11 Å². The lowest BCUT2D eigenvalue weighted by molar-refractivity contribution is 0.140. The number of aromatic nitrogens is 2. The molecule has 104 valence electrons. The van der Waals surface area contributed by atoms with Crippen LogP contribution in [0.3, 0.4) is 0 Å². The maximum Gasteiger partial charge on any atom is 0.0611 e. The molecule has 1 aromatic heterocycles. The third kappa shape index (κ3) is 3.82. The van der Waals surface area contributed by atoms with Gasteiger partial charge in [-0.25, -0.2) is 0 Å². The molecular formula is C14H27N3O. The van der Waals surface area contributed by atoms with Gasteiger partial charge in [0.05, 0.1) is 18.3 Å². The first-order valence-electron chi connectivity index (χ1n) is 6.69. The van der Waals surface area contributed by atoms with Crippen molar-refractivity contribution in [2.24, 2.45) is 0 Å². The molecule has 4 nitrogen and oxygen atoms in total. The molecule has 0 aromatic carbocycles. The summed E-state index contributed by atoms with van der Waals surface area (Å²) in [6.07, 6.45) is 0.851. The van der Waals surface area contributed by atoms with Crippen LogP contribution in [0.5, 0.6) is 0 Å². The first kappa shape index (κ1) is 15.2. The molecule has 1 aromatic rings. The van der Waals surface area contributed by atoms with Crippen LogP contribution < -0.4 is 5.32 Å². The molecule has 0 spiro atoms. The fourth-order valence-electron chi connectivity index (χ4n) is 2.70. The number of aliphatic hydroxyl groups is 1. The molecule has 2 atom stereocenters. The van der Waals surface area contributed by atoms with Gasteiger partial charge in [0.15, 0.2) is 0 Å². The SMILES string of the molecule is Cc1cc(C)n(C(C)CC(C)(CO)NC(C)C)n1. The van der Waals surface area contributed by atoms with Crippen LogP contribution in [0.15, 0.2) is 6.07 Å². The number of nitrogens with one attached hydrogen (secondary N) is 1. The average Bonchev–Trinajstić information content (AvgIpc) is 2.56. The van der Waals surface area contributed by atoms with Gasteiger partial charge in [-0.05, 0) is 40.2 Å². The van der Waals surface area contributed by atoms with Crippen LogP contribution in [0.2, 0.25) is 0 Å². The highest BCUT2D eigenvalue weighted by atomic mass is 16.3. The van der Waals surface area contributed by atoms with Gasteiger partial charge in [-0.2, -0.15) is 5.10 Å². The summed E-state index contributed by atoms with van der Waals surface area (Å²) >= 11 is 0. The molecule has 0 saturated heterocycles. The third-order valence-electron chi connectivity index (χ3n) is 3.19. The number of nitrogens with zero attached hydrogens (tertiary/aromatic N) is 2. The summed E-state index contributed by atoms with van der Waals surface area (Å²) in [6.45, 7) is 12.6. The maximum atomic E-state index is 9.61. The Kier molecular flexibility index (Phi) is 4.93. The lowest BCUT2D eigenvalue weighted by Crippen LogP contribution is -2.50. The Bertz CT molecular complexity index is 386. The monoisotopic (exact) mass is 253 g/mol. The number of rotatable bonds is 6. The van der Waals surface area contributed by atoms with E-state index in [1.807, 2.05) is 11.6 Å². The van der Waals surface area contributed by atoms with Crippen molar-refractivity contribution in [3.8, 4) is 0 Å². The second kappa shape index (κ2) is 5.85. The number of hydrogen-bond acceptors (Lipinski definition) is 3. The maximum absolute atomic E-state index is 9.61. The van der Waals surface area contributed by atoms with E-state index < -0.39 is 0 Å². The van der Waals surface area contributed by atoms with Crippen molar-refractivity contribution in [1.82, 2.24) is 15.1 Å². The van der Waals surface area contributed by atoms with Crippen molar-refractivity contribution in [2.45, 2.75) is 65.6 Å². The van der Waals surface area contributed by atoms with Crippen LogP contribution >= 0.6 is 0 Å². The summed E-state index contributed by atoms with van der Waals surface area (Å²) in [4.78, 5) is 0. The summed E-state index contributed by atoms with van der Waals surface area (Å²) < 4.78 is 2.05. The zero-order valence-electron chi connectivity index (χ0n) is 12.5. The molecule has 2 unspecified atom stereocenters. The highest BCUT2D eigenvalue weighted by Crippen LogP contribution is 2.22. The number of hydrogen-bond donors (Lipinski definition) is 2. The Balaban J connectivity index is 2.79. The smallest absolute Gasteiger partial charge is 0.0611 e. The third-order valence-corrected chi connectivity index (χ3v) is 3.19. The van der Waals surface area contributed by atoms with Gasteiger partial charge >= 0.3 is 0 Å². The summed E-state index contributed by atoms with van der Waals surface area (Å²) in [5.74, 6) is 0. The van der Waals surface area contributed by atoms with Gasteiger partial charge in [0.1, 0.15) is 0 Å². The van der Waals surface area contributed by atoms with E-state index in [1.165, 1.54) is 5.69 Å². The molecule has 2 N–H and O–H groups in total. The fourth-order valence-corrected chi connectivity index (χ4v) is 2.70. The van der Waals surface area contributed by atoms with Crippen LogP contribution in [0.25, 0.3) is 0 Å². The van der Waals surface area contributed by atoms with E-state index in [0.29, 0.717) is 6.04 Å². The molecule has 0 amide bonds. The summed E-state index contributed by atoms with van der Waals surface area (Å²) in [5, 5.41) is 17.6. The highest BCUT2D eigenvalue weighted by Gasteiger charge is 2.27. The quantitative estimate of drug-likeness (QED) is 0.817. The van der Waals surface area contributed by atoms with Gasteiger partial charge in [0.2, 0.25) is 0 Å². The first-order valence-corrected chi connectivity index (χ1v) is 6.69. The van der Waals surface area contributed by atoms with E-state index in [1.54, 1.807) is 0 Å². The summed E-state index contributed by atoms with van der Waals surface area (Å²) in [5.41, 5.74) is 1.95. The van der Waals surface area contributed by atoms with Gasteiger partial charge in [-0.15, -0.1) is 0 Å². The van der Waals surface area contributed by atoms with E-state index in [2.05, 4.69) is 51.1 Å². The Morgan fingerprint density at radius 1 is 1.39 bits per heavy atom. The van der Waals surface area contributed by atoms with Crippen LogP contribution in [-0.2, 0) is 0 Å². The molecule has 1 rings (SSSR count). The van der Waals surface area contributed by atoms with E-state index >= 15 is 0 Å².